The lowest BCUT2D eigenvalue weighted by Crippen LogP contribution is -2.41. The molecule has 1 fully saturated rings. The molecule has 1 saturated carbocycles. The third-order valence-electron chi connectivity index (χ3n) is 4.90. The monoisotopic (exact) mass is 510 g/mol. The van der Waals surface area contributed by atoms with Gasteiger partial charge in [0, 0.05) is 31.1 Å². The topological polar surface area (TPSA) is 65.5 Å². The first-order chi connectivity index (χ1) is 13.5. The van der Waals surface area contributed by atoms with Gasteiger partial charge in [-0.05, 0) is 49.1 Å². The van der Waals surface area contributed by atoms with E-state index in [1.165, 1.54) is 13.0 Å². The highest BCUT2D eigenvalue weighted by atomic mass is 127. The van der Waals surface area contributed by atoms with Crippen LogP contribution in [0.4, 0.5) is 10.1 Å². The predicted molar refractivity (Wildman–Crippen MR) is 126 cm³/mol. The van der Waals surface area contributed by atoms with Crippen molar-refractivity contribution < 1.29 is 9.18 Å². The molecule has 1 aliphatic rings. The summed E-state index contributed by atoms with van der Waals surface area (Å²) in [6.45, 7) is 5.37. The van der Waals surface area contributed by atoms with E-state index in [2.05, 4.69) is 20.9 Å². The molecule has 0 saturated heterocycles. The standard InChI is InChI=1S/C22H27FN4O.HI/c1-3-24-21(25-14-17-7-6-8-18(13-17)27-16(2)28)26-15-22(11-12-22)19-9-4-5-10-20(19)23;/h4-10,13H,3,11-12,14-15H2,1-2H3,(H,27,28)(H2,24,25,26);1H. The molecule has 3 rings (SSSR count). The largest absolute Gasteiger partial charge is 0.357 e. The Morgan fingerprint density at radius 1 is 1.14 bits per heavy atom. The van der Waals surface area contributed by atoms with E-state index in [4.69, 9.17) is 0 Å². The molecule has 2 aromatic carbocycles. The lowest BCUT2D eigenvalue weighted by atomic mass is 9.95. The van der Waals surface area contributed by atoms with Crippen LogP contribution in [0.1, 0.15) is 37.8 Å². The summed E-state index contributed by atoms with van der Waals surface area (Å²) in [6.07, 6.45) is 1.94. The number of anilines is 1. The summed E-state index contributed by atoms with van der Waals surface area (Å²) in [5.41, 5.74) is 2.39. The van der Waals surface area contributed by atoms with Crippen LogP contribution in [0.15, 0.2) is 53.5 Å². The molecule has 0 aromatic heterocycles. The molecule has 1 amide bonds. The highest BCUT2D eigenvalue weighted by Crippen LogP contribution is 2.48. The van der Waals surface area contributed by atoms with E-state index in [-0.39, 0.29) is 41.1 Å². The average Bonchev–Trinajstić information content (AvgIpc) is 3.45. The van der Waals surface area contributed by atoms with Crippen LogP contribution in [0.5, 0.6) is 0 Å². The van der Waals surface area contributed by atoms with Crippen molar-refractivity contribution in [2.75, 3.05) is 18.4 Å². The van der Waals surface area contributed by atoms with Crippen molar-refractivity contribution in [2.45, 2.75) is 38.6 Å². The second-order valence-corrected chi connectivity index (χ2v) is 7.19. The van der Waals surface area contributed by atoms with Gasteiger partial charge in [0.15, 0.2) is 5.96 Å². The molecule has 0 aliphatic heterocycles. The van der Waals surface area contributed by atoms with Crippen molar-refractivity contribution in [2.24, 2.45) is 4.99 Å². The second-order valence-electron chi connectivity index (χ2n) is 7.19. The smallest absolute Gasteiger partial charge is 0.221 e. The first-order valence-electron chi connectivity index (χ1n) is 9.66. The number of nitrogens with zero attached hydrogens (tertiary/aromatic N) is 1. The summed E-state index contributed by atoms with van der Waals surface area (Å²) in [5.74, 6) is 0.465. The van der Waals surface area contributed by atoms with Gasteiger partial charge in [0.25, 0.3) is 0 Å². The molecule has 156 valence electrons. The Morgan fingerprint density at radius 3 is 2.55 bits per heavy atom. The van der Waals surface area contributed by atoms with Crippen molar-refractivity contribution in [3.8, 4) is 0 Å². The summed E-state index contributed by atoms with van der Waals surface area (Å²) in [5, 5.41) is 9.39. The maximum atomic E-state index is 14.2. The summed E-state index contributed by atoms with van der Waals surface area (Å²) in [4.78, 5) is 15.9. The van der Waals surface area contributed by atoms with Crippen molar-refractivity contribution in [1.82, 2.24) is 10.6 Å². The fourth-order valence-corrected chi connectivity index (χ4v) is 3.30. The number of hydrogen-bond acceptors (Lipinski definition) is 2. The molecule has 5 nitrogen and oxygen atoms in total. The molecule has 0 radical (unpaired) electrons. The van der Waals surface area contributed by atoms with Gasteiger partial charge in [-0.2, -0.15) is 0 Å². The van der Waals surface area contributed by atoms with Gasteiger partial charge in [-0.1, -0.05) is 30.3 Å². The van der Waals surface area contributed by atoms with E-state index in [1.807, 2.05) is 43.3 Å². The van der Waals surface area contributed by atoms with Crippen LogP contribution in [0.3, 0.4) is 0 Å². The van der Waals surface area contributed by atoms with Crippen LogP contribution in [0.25, 0.3) is 0 Å². The molecule has 0 atom stereocenters. The highest BCUT2D eigenvalue weighted by molar-refractivity contribution is 14.0. The first-order valence-corrected chi connectivity index (χ1v) is 9.66. The molecule has 0 spiro atoms. The van der Waals surface area contributed by atoms with Gasteiger partial charge in [0.05, 0.1) is 6.54 Å². The zero-order valence-electron chi connectivity index (χ0n) is 16.8. The number of nitrogens with one attached hydrogen (secondary N) is 3. The SMILES string of the molecule is CCNC(=NCc1cccc(NC(C)=O)c1)NCC1(c2ccccc2F)CC1.I. The van der Waals surface area contributed by atoms with Crippen LogP contribution in [0.2, 0.25) is 0 Å². The first kappa shape index (κ1) is 23.1. The summed E-state index contributed by atoms with van der Waals surface area (Å²) in [7, 11) is 0. The van der Waals surface area contributed by atoms with E-state index in [0.717, 1.165) is 36.2 Å². The predicted octanol–water partition coefficient (Wildman–Crippen LogP) is 4.19. The third kappa shape index (κ3) is 6.42. The molecule has 2 aromatic rings. The molecule has 29 heavy (non-hydrogen) atoms. The Bertz CT molecular complexity index is 867. The summed E-state index contributed by atoms with van der Waals surface area (Å²) < 4.78 is 14.2. The molecular formula is C22H28FIN4O. The van der Waals surface area contributed by atoms with Crippen LogP contribution in [-0.4, -0.2) is 25.0 Å². The molecule has 1 aliphatic carbocycles. The fourth-order valence-electron chi connectivity index (χ4n) is 3.30. The van der Waals surface area contributed by atoms with E-state index in [1.54, 1.807) is 6.07 Å². The average molecular weight is 510 g/mol. The van der Waals surface area contributed by atoms with Crippen molar-refractivity contribution in [1.29, 1.82) is 0 Å². The lowest BCUT2D eigenvalue weighted by molar-refractivity contribution is -0.114. The number of guanidine groups is 1. The molecule has 7 heteroatoms. The zero-order valence-corrected chi connectivity index (χ0v) is 19.1. The van der Waals surface area contributed by atoms with Crippen LogP contribution < -0.4 is 16.0 Å². The number of amides is 1. The van der Waals surface area contributed by atoms with Crippen molar-refractivity contribution in [3.63, 3.8) is 0 Å². The number of hydrogen-bond donors (Lipinski definition) is 3. The molecule has 3 N–H and O–H groups in total. The normalized spacial score (nSPS) is 14.5. The maximum absolute atomic E-state index is 14.2. The molecule has 0 unspecified atom stereocenters. The van der Waals surface area contributed by atoms with Gasteiger partial charge in [0.2, 0.25) is 5.91 Å². The zero-order chi connectivity index (χ0) is 20.0. The molecule has 0 heterocycles. The van der Waals surface area contributed by atoms with E-state index < -0.39 is 0 Å². The van der Waals surface area contributed by atoms with E-state index >= 15 is 0 Å². The van der Waals surface area contributed by atoms with Gasteiger partial charge in [-0.15, -0.1) is 24.0 Å². The van der Waals surface area contributed by atoms with Gasteiger partial charge in [-0.25, -0.2) is 9.38 Å². The number of carbonyl (C=O) groups is 1. The van der Waals surface area contributed by atoms with Gasteiger partial charge >= 0.3 is 0 Å². The minimum atomic E-state index is -0.146. The van der Waals surface area contributed by atoms with Gasteiger partial charge < -0.3 is 16.0 Å². The van der Waals surface area contributed by atoms with Crippen molar-refractivity contribution >= 4 is 41.5 Å². The molecule has 0 bridgehead atoms. The Labute approximate surface area is 188 Å². The summed E-state index contributed by atoms with van der Waals surface area (Å²) >= 11 is 0. The number of halogens is 2. The van der Waals surface area contributed by atoms with E-state index in [9.17, 15) is 9.18 Å². The Morgan fingerprint density at radius 2 is 1.90 bits per heavy atom. The van der Waals surface area contributed by atoms with Crippen molar-refractivity contribution in [3.05, 3.63) is 65.5 Å². The van der Waals surface area contributed by atoms with Crippen LogP contribution >= 0.6 is 24.0 Å². The fraction of sp³-hybridized carbons (Fsp3) is 0.364. The Kier molecular flexibility index (Phi) is 8.43. The Hall–Kier alpha value is -2.16. The van der Waals surface area contributed by atoms with Gasteiger partial charge in [-0.3, -0.25) is 4.79 Å². The minimum Gasteiger partial charge on any atom is -0.357 e. The Balaban J connectivity index is 0.00000300. The third-order valence-corrected chi connectivity index (χ3v) is 4.90. The quantitative estimate of drug-likeness (QED) is 0.298. The number of benzene rings is 2. The minimum absolute atomic E-state index is 0. The highest BCUT2D eigenvalue weighted by Gasteiger charge is 2.45. The van der Waals surface area contributed by atoms with Gasteiger partial charge in [0.1, 0.15) is 5.82 Å². The number of carbonyl (C=O) groups excluding carboxylic acids is 1. The number of rotatable bonds is 7. The second kappa shape index (κ2) is 10.6. The lowest BCUT2D eigenvalue weighted by Gasteiger charge is -2.19. The van der Waals surface area contributed by atoms with Crippen LogP contribution in [0, 0.1) is 5.82 Å². The molecular weight excluding hydrogens is 482 g/mol. The van der Waals surface area contributed by atoms with E-state index in [0.29, 0.717) is 19.0 Å². The number of aliphatic imine (C=N–C) groups is 1. The summed E-state index contributed by atoms with van der Waals surface area (Å²) in [6, 6.07) is 14.6. The van der Waals surface area contributed by atoms with Crippen LogP contribution in [-0.2, 0) is 16.8 Å². The maximum Gasteiger partial charge on any atom is 0.221 e.